The molecule has 0 N–H and O–H groups in total. The van der Waals surface area contributed by atoms with Crippen molar-refractivity contribution in [3.05, 3.63) is 0 Å². The highest BCUT2D eigenvalue weighted by Gasteiger charge is 2.45. The van der Waals surface area contributed by atoms with Crippen LogP contribution in [0, 0.1) is 0 Å². The van der Waals surface area contributed by atoms with Crippen LogP contribution in [0.5, 0.6) is 0 Å². The first-order valence-corrected chi connectivity index (χ1v) is 7.93. The SMILES string of the molecule is CCCCO[P+](=O)C(OS(C)(=O)=O)C(=O)OC. The molecule has 0 saturated heterocycles. The molecule has 0 heterocycles. The van der Waals surface area contributed by atoms with Crippen molar-refractivity contribution in [3.63, 3.8) is 0 Å². The Kier molecular flexibility index (Phi) is 7.45. The van der Waals surface area contributed by atoms with Gasteiger partial charge in [-0.3, -0.25) is 0 Å². The molecule has 7 nitrogen and oxygen atoms in total. The van der Waals surface area contributed by atoms with Gasteiger partial charge in [0, 0.05) is 0 Å². The summed E-state index contributed by atoms with van der Waals surface area (Å²) < 4.78 is 46.8. The Hall–Kier alpha value is -0.560. The van der Waals surface area contributed by atoms with E-state index in [1.54, 1.807) is 0 Å². The zero-order valence-corrected chi connectivity index (χ0v) is 11.6. The van der Waals surface area contributed by atoms with Gasteiger partial charge in [0.25, 0.3) is 10.1 Å². The van der Waals surface area contributed by atoms with Crippen LogP contribution in [0.3, 0.4) is 0 Å². The summed E-state index contributed by atoms with van der Waals surface area (Å²) in [5, 5.41) is 0. The molecule has 9 heteroatoms. The zero-order valence-electron chi connectivity index (χ0n) is 9.91. The van der Waals surface area contributed by atoms with Gasteiger partial charge in [0.2, 0.25) is 0 Å². The van der Waals surface area contributed by atoms with E-state index in [1.807, 2.05) is 6.92 Å². The predicted molar refractivity (Wildman–Crippen MR) is 60.2 cm³/mol. The third-order valence-corrected chi connectivity index (χ3v) is 3.40. The molecule has 0 rings (SSSR count). The second-order valence-electron chi connectivity index (χ2n) is 3.15. The van der Waals surface area contributed by atoms with Crippen LogP contribution < -0.4 is 0 Å². The summed E-state index contributed by atoms with van der Waals surface area (Å²) in [5.74, 6) is -2.80. The lowest BCUT2D eigenvalue weighted by atomic mass is 10.4. The monoisotopic (exact) mass is 287 g/mol. The molecule has 100 valence electrons. The van der Waals surface area contributed by atoms with E-state index in [0.29, 0.717) is 6.42 Å². The number of methoxy groups -OCH3 is 1. The van der Waals surface area contributed by atoms with Crippen LogP contribution in [0.2, 0.25) is 0 Å². The van der Waals surface area contributed by atoms with Crippen LogP contribution in [-0.4, -0.2) is 40.2 Å². The lowest BCUT2D eigenvalue weighted by Crippen LogP contribution is -2.25. The summed E-state index contributed by atoms with van der Waals surface area (Å²) in [6, 6.07) is 0. The smallest absolute Gasteiger partial charge is 0.464 e. The van der Waals surface area contributed by atoms with Crippen molar-refractivity contribution >= 4 is 24.1 Å². The Balaban J connectivity index is 4.58. The molecule has 0 saturated carbocycles. The van der Waals surface area contributed by atoms with Crippen LogP contribution in [0.1, 0.15) is 19.8 Å². The molecule has 0 radical (unpaired) electrons. The maximum absolute atomic E-state index is 11.5. The Morgan fingerprint density at radius 1 is 1.41 bits per heavy atom. The van der Waals surface area contributed by atoms with Gasteiger partial charge in [-0.25, -0.2) is 8.98 Å². The molecule has 0 spiro atoms. The van der Waals surface area contributed by atoms with E-state index in [2.05, 4.69) is 8.92 Å². The average Bonchev–Trinajstić information content (AvgIpc) is 2.24. The van der Waals surface area contributed by atoms with Crippen molar-refractivity contribution in [1.82, 2.24) is 0 Å². The number of carbonyl (C=O) groups is 1. The third-order valence-electron chi connectivity index (χ3n) is 1.58. The summed E-state index contributed by atoms with van der Waals surface area (Å²) >= 11 is 0. The van der Waals surface area contributed by atoms with Gasteiger partial charge in [-0.2, -0.15) is 8.42 Å². The van der Waals surface area contributed by atoms with Gasteiger partial charge in [-0.05, 0) is 11.0 Å². The Morgan fingerprint density at radius 2 is 2.00 bits per heavy atom. The summed E-state index contributed by atoms with van der Waals surface area (Å²) in [7, 11) is -5.47. The number of unbranched alkanes of at least 4 members (excludes halogenated alkanes) is 1. The van der Waals surface area contributed by atoms with Gasteiger partial charge in [0.15, 0.2) is 0 Å². The second kappa shape index (κ2) is 7.71. The Morgan fingerprint density at radius 3 is 2.41 bits per heavy atom. The van der Waals surface area contributed by atoms with Crippen molar-refractivity contribution in [2.24, 2.45) is 0 Å². The van der Waals surface area contributed by atoms with Crippen molar-refractivity contribution in [3.8, 4) is 0 Å². The summed E-state index contributed by atoms with van der Waals surface area (Å²) in [5.41, 5.74) is 0. The number of ether oxygens (including phenoxy) is 1. The van der Waals surface area contributed by atoms with E-state index >= 15 is 0 Å². The van der Waals surface area contributed by atoms with E-state index in [-0.39, 0.29) is 6.61 Å². The molecule has 0 amide bonds. The second-order valence-corrected chi connectivity index (χ2v) is 6.05. The van der Waals surface area contributed by atoms with Gasteiger partial charge in [0.05, 0.1) is 13.4 Å². The normalized spacial score (nSPS) is 14.2. The number of hydrogen-bond acceptors (Lipinski definition) is 7. The lowest BCUT2D eigenvalue weighted by molar-refractivity contribution is -0.145. The van der Waals surface area contributed by atoms with Gasteiger partial charge < -0.3 is 4.74 Å². The fraction of sp³-hybridized carbons (Fsp3) is 0.875. The molecule has 2 unspecified atom stereocenters. The van der Waals surface area contributed by atoms with Crippen molar-refractivity contribution in [2.45, 2.75) is 25.6 Å². The first-order valence-electron chi connectivity index (χ1n) is 4.87. The van der Waals surface area contributed by atoms with E-state index < -0.39 is 30.0 Å². The standard InChI is InChI=1S/C8H16O7PS/c1-4-5-6-14-16(10)8(7(9)13-2)15-17(3,11)12/h8H,4-6H2,1-3H3/q+1. The molecule has 0 aromatic rings. The first kappa shape index (κ1) is 16.4. The fourth-order valence-corrected chi connectivity index (χ4v) is 2.68. The van der Waals surface area contributed by atoms with Crippen molar-refractivity contribution in [2.75, 3.05) is 20.0 Å². The first-order chi connectivity index (χ1) is 7.81. The van der Waals surface area contributed by atoms with Crippen LogP contribution in [0.25, 0.3) is 0 Å². The highest BCUT2D eigenvalue weighted by Crippen LogP contribution is 2.32. The molecule has 2 atom stereocenters. The molecule has 0 aromatic carbocycles. The summed E-state index contributed by atoms with van der Waals surface area (Å²) in [6.45, 7) is 2.06. The molecular formula is C8H16O7PS+. The zero-order chi connectivity index (χ0) is 13.5. The van der Waals surface area contributed by atoms with Crippen LogP contribution in [0.4, 0.5) is 0 Å². The fourth-order valence-electron chi connectivity index (χ4n) is 0.793. The summed E-state index contributed by atoms with van der Waals surface area (Å²) in [4.78, 5) is 11.2. The lowest BCUT2D eigenvalue weighted by Gasteiger charge is -2.03. The molecule has 0 aliphatic rings. The molecule has 0 aliphatic heterocycles. The highest BCUT2D eigenvalue weighted by atomic mass is 32.2. The van der Waals surface area contributed by atoms with Gasteiger partial charge in [-0.15, -0.1) is 4.52 Å². The average molecular weight is 287 g/mol. The number of esters is 1. The van der Waals surface area contributed by atoms with Crippen LogP contribution in [0.15, 0.2) is 0 Å². The van der Waals surface area contributed by atoms with Crippen molar-refractivity contribution < 1.29 is 31.2 Å². The molecular weight excluding hydrogens is 271 g/mol. The maximum atomic E-state index is 11.5. The van der Waals surface area contributed by atoms with E-state index in [9.17, 15) is 17.8 Å². The largest absolute Gasteiger partial charge is 0.554 e. The minimum Gasteiger partial charge on any atom is -0.464 e. The van der Waals surface area contributed by atoms with Crippen molar-refractivity contribution in [1.29, 1.82) is 0 Å². The van der Waals surface area contributed by atoms with Gasteiger partial charge >= 0.3 is 19.8 Å². The topological polar surface area (TPSA) is 96.0 Å². The number of rotatable bonds is 8. The van der Waals surface area contributed by atoms with E-state index in [0.717, 1.165) is 19.8 Å². The van der Waals surface area contributed by atoms with E-state index in [4.69, 9.17) is 4.52 Å². The quantitative estimate of drug-likeness (QED) is 0.284. The van der Waals surface area contributed by atoms with Gasteiger partial charge in [0.1, 0.15) is 6.61 Å². The molecule has 0 aliphatic carbocycles. The molecule has 0 fully saturated rings. The minimum absolute atomic E-state index is 0.159. The minimum atomic E-state index is -3.92. The highest BCUT2D eigenvalue weighted by molar-refractivity contribution is 7.86. The predicted octanol–water partition coefficient (Wildman–Crippen LogP) is 1.02. The maximum Gasteiger partial charge on any atom is 0.554 e. The number of carbonyl (C=O) groups excluding carboxylic acids is 1. The Labute approximate surface area is 101 Å². The van der Waals surface area contributed by atoms with Crippen LogP contribution in [-0.2, 0) is 32.9 Å². The van der Waals surface area contributed by atoms with Gasteiger partial charge in [-0.1, -0.05) is 13.3 Å². The number of hydrogen-bond donors (Lipinski definition) is 0. The molecule has 0 aromatic heterocycles. The Bertz CT molecular complexity index is 364. The third kappa shape index (κ3) is 7.38. The molecule has 0 bridgehead atoms. The summed E-state index contributed by atoms with van der Waals surface area (Å²) in [6.07, 6.45) is 2.21. The van der Waals surface area contributed by atoms with E-state index in [1.165, 1.54) is 0 Å². The molecule has 17 heavy (non-hydrogen) atoms. The van der Waals surface area contributed by atoms with Crippen LogP contribution >= 0.6 is 8.03 Å².